The van der Waals surface area contributed by atoms with Gasteiger partial charge in [0.1, 0.15) is 11.5 Å². The largest absolute Gasteiger partial charge is 0.497 e. The fraction of sp³-hybridized carbons (Fsp3) is 0.357. The summed E-state index contributed by atoms with van der Waals surface area (Å²) in [6.45, 7) is 6.97. The maximum atomic E-state index is 12.5. The van der Waals surface area contributed by atoms with Crippen LogP contribution in [0.5, 0.6) is 11.5 Å². The normalized spacial score (nSPS) is 14.7. The summed E-state index contributed by atoms with van der Waals surface area (Å²) in [6, 6.07) is 11.1. The molecular weight excluding hydrogens is 516 g/mol. The second-order valence-electron chi connectivity index (χ2n) is 10.1. The van der Waals surface area contributed by atoms with Gasteiger partial charge in [-0.25, -0.2) is 9.59 Å². The molecule has 0 bridgehead atoms. The second-order valence-corrected chi connectivity index (χ2v) is 10.1. The zero-order chi connectivity index (χ0) is 29.2. The minimum absolute atomic E-state index is 0.0669. The molecule has 12 nitrogen and oxygen atoms in total. The van der Waals surface area contributed by atoms with Gasteiger partial charge in [0.05, 0.1) is 49.7 Å². The quantitative estimate of drug-likeness (QED) is 0.171. The maximum Gasteiger partial charge on any atom is 0.332 e. The van der Waals surface area contributed by atoms with Crippen LogP contribution >= 0.6 is 0 Å². The number of rotatable bonds is 10. The molecule has 2 atom stereocenters. The van der Waals surface area contributed by atoms with Crippen LogP contribution in [-0.4, -0.2) is 57.2 Å². The van der Waals surface area contributed by atoms with Gasteiger partial charge in [0, 0.05) is 35.1 Å². The topological polar surface area (TPSA) is 159 Å². The number of carbonyl (C=O) groups is 2. The highest BCUT2D eigenvalue weighted by Crippen LogP contribution is 2.26. The molecule has 0 radical (unpaired) electrons. The van der Waals surface area contributed by atoms with Crippen molar-refractivity contribution in [3.05, 3.63) is 59.9 Å². The number of aryl methyl sites for hydroxylation is 2. The van der Waals surface area contributed by atoms with Crippen molar-refractivity contribution in [2.75, 3.05) is 14.2 Å². The monoisotopic (exact) mass is 550 g/mol. The first-order valence-electron chi connectivity index (χ1n) is 12.5. The average molecular weight is 551 g/mol. The lowest BCUT2D eigenvalue weighted by atomic mass is 10.2. The van der Waals surface area contributed by atoms with Crippen LogP contribution in [0.2, 0.25) is 0 Å². The summed E-state index contributed by atoms with van der Waals surface area (Å²) in [7, 11) is 3.15. The van der Waals surface area contributed by atoms with Crippen LogP contribution in [0, 0.1) is 13.8 Å². The first kappa shape index (κ1) is 28.6. The third-order valence-electron chi connectivity index (χ3n) is 6.24. The molecule has 2 aromatic heterocycles. The summed E-state index contributed by atoms with van der Waals surface area (Å²) in [6.07, 6.45) is 1.88. The Bertz CT molecular complexity index is 1480. The number of nitrogens with two attached hydrogens (primary N) is 2. The lowest BCUT2D eigenvalue weighted by molar-refractivity contribution is -0.155. The molecule has 0 saturated carbocycles. The highest BCUT2D eigenvalue weighted by molar-refractivity contribution is 5.92. The van der Waals surface area contributed by atoms with Gasteiger partial charge in [-0.2, -0.15) is 10.2 Å². The molecule has 2 unspecified atom stereocenters. The summed E-state index contributed by atoms with van der Waals surface area (Å²) >= 11 is 0. The number of fused-ring (bicyclic) bond motifs is 2. The molecule has 4 aromatic rings. The molecule has 0 fully saturated rings. The zero-order valence-corrected chi connectivity index (χ0v) is 23.4. The molecule has 2 heterocycles. The molecule has 0 saturated heterocycles. The smallest absolute Gasteiger partial charge is 0.332 e. The van der Waals surface area contributed by atoms with Crippen molar-refractivity contribution in [2.45, 2.75) is 52.2 Å². The third-order valence-corrected chi connectivity index (χ3v) is 6.24. The van der Waals surface area contributed by atoms with E-state index in [0.717, 1.165) is 45.3 Å². The molecule has 4 N–H and O–H groups in total. The Morgan fingerprint density at radius 3 is 1.50 bits per heavy atom. The Labute approximate surface area is 231 Å². The molecule has 40 heavy (non-hydrogen) atoms. The van der Waals surface area contributed by atoms with Crippen LogP contribution in [0.1, 0.15) is 25.2 Å². The van der Waals surface area contributed by atoms with Crippen molar-refractivity contribution >= 4 is 33.7 Å². The average Bonchev–Trinajstić information content (AvgIpc) is 3.35. The zero-order valence-electron chi connectivity index (χ0n) is 23.4. The van der Waals surface area contributed by atoms with Gasteiger partial charge in [-0.15, -0.1) is 0 Å². The number of benzene rings is 2. The number of nitrogens with zero attached hydrogens (tertiary/aromatic N) is 4. The van der Waals surface area contributed by atoms with E-state index in [1.807, 2.05) is 50.2 Å². The van der Waals surface area contributed by atoms with Crippen molar-refractivity contribution in [3.8, 4) is 11.5 Å². The van der Waals surface area contributed by atoms with Crippen molar-refractivity contribution in [3.63, 3.8) is 0 Å². The Morgan fingerprint density at radius 2 is 1.15 bits per heavy atom. The summed E-state index contributed by atoms with van der Waals surface area (Å²) in [5.41, 5.74) is 12.8. The van der Waals surface area contributed by atoms with Crippen LogP contribution in [0.15, 0.2) is 48.6 Å². The Balaban J connectivity index is 1.38. The first-order chi connectivity index (χ1) is 18.8. The second kappa shape index (κ2) is 11.0. The predicted octanol–water partition coefficient (Wildman–Crippen LogP) is 2.71. The molecule has 0 aliphatic rings. The molecule has 12 heteroatoms. The van der Waals surface area contributed by atoms with Crippen molar-refractivity contribution in [2.24, 2.45) is 11.5 Å². The summed E-state index contributed by atoms with van der Waals surface area (Å²) < 4.78 is 24.7. The number of hydrogen-bond acceptors (Lipinski definition) is 10. The van der Waals surface area contributed by atoms with Gasteiger partial charge in [0.15, 0.2) is 11.4 Å². The Kier molecular flexibility index (Phi) is 7.85. The van der Waals surface area contributed by atoms with E-state index in [4.69, 9.17) is 30.4 Å². The SMILES string of the molecule is COc1ccc2c(C)nn(CC(C)(N)OC(=O)/C=C/C(=O)OC(C)(N)Cn3nc(C)c4ccc(OC)cc43)c2c1. The van der Waals surface area contributed by atoms with E-state index in [1.54, 1.807) is 37.4 Å². The molecule has 0 aliphatic carbocycles. The van der Waals surface area contributed by atoms with Gasteiger partial charge in [0.2, 0.25) is 0 Å². The van der Waals surface area contributed by atoms with Gasteiger partial charge in [0.25, 0.3) is 0 Å². The van der Waals surface area contributed by atoms with Crippen LogP contribution in [0.3, 0.4) is 0 Å². The maximum absolute atomic E-state index is 12.5. The van der Waals surface area contributed by atoms with Gasteiger partial charge in [-0.1, -0.05) is 0 Å². The van der Waals surface area contributed by atoms with Crippen molar-refractivity contribution in [1.29, 1.82) is 0 Å². The van der Waals surface area contributed by atoms with Crippen LogP contribution in [0.4, 0.5) is 0 Å². The molecule has 0 amide bonds. The van der Waals surface area contributed by atoms with E-state index in [2.05, 4.69) is 10.2 Å². The van der Waals surface area contributed by atoms with Gasteiger partial charge < -0.3 is 18.9 Å². The highest BCUT2D eigenvalue weighted by atomic mass is 16.6. The molecule has 2 aromatic carbocycles. The predicted molar refractivity (Wildman–Crippen MR) is 149 cm³/mol. The number of hydrogen-bond donors (Lipinski definition) is 2. The van der Waals surface area contributed by atoms with Crippen LogP contribution in [-0.2, 0) is 32.2 Å². The molecule has 0 spiro atoms. The van der Waals surface area contributed by atoms with E-state index in [9.17, 15) is 9.59 Å². The fourth-order valence-corrected chi connectivity index (χ4v) is 4.46. The molecular formula is C28H34N6O6. The van der Waals surface area contributed by atoms with E-state index in [-0.39, 0.29) is 13.1 Å². The lowest BCUT2D eigenvalue weighted by Gasteiger charge is -2.25. The number of aromatic nitrogens is 4. The number of methoxy groups -OCH3 is 2. The molecule has 4 rings (SSSR count). The number of ether oxygens (including phenoxy) is 4. The van der Waals surface area contributed by atoms with E-state index in [0.29, 0.717) is 11.5 Å². The van der Waals surface area contributed by atoms with E-state index < -0.39 is 23.4 Å². The van der Waals surface area contributed by atoms with Crippen molar-refractivity contribution in [1.82, 2.24) is 19.6 Å². The van der Waals surface area contributed by atoms with Crippen molar-refractivity contribution < 1.29 is 28.5 Å². The molecule has 0 aliphatic heterocycles. The van der Waals surface area contributed by atoms with Gasteiger partial charge in [-0.05, 0) is 52.0 Å². The Morgan fingerprint density at radius 1 is 0.775 bits per heavy atom. The number of carbonyl (C=O) groups excluding carboxylic acids is 2. The minimum Gasteiger partial charge on any atom is -0.497 e. The third kappa shape index (κ3) is 6.41. The summed E-state index contributed by atoms with van der Waals surface area (Å²) in [5.74, 6) is -0.332. The summed E-state index contributed by atoms with van der Waals surface area (Å²) in [5, 5.41) is 10.9. The lowest BCUT2D eigenvalue weighted by Crippen LogP contribution is -2.45. The van der Waals surface area contributed by atoms with Gasteiger partial charge in [-0.3, -0.25) is 20.8 Å². The first-order valence-corrected chi connectivity index (χ1v) is 12.5. The number of esters is 2. The van der Waals surface area contributed by atoms with Crippen LogP contribution in [0.25, 0.3) is 21.8 Å². The molecule has 212 valence electrons. The van der Waals surface area contributed by atoms with Gasteiger partial charge >= 0.3 is 11.9 Å². The fourth-order valence-electron chi connectivity index (χ4n) is 4.46. The van der Waals surface area contributed by atoms with E-state index >= 15 is 0 Å². The Hall–Kier alpha value is -4.42. The summed E-state index contributed by atoms with van der Waals surface area (Å²) in [4.78, 5) is 25.0. The minimum atomic E-state index is -1.43. The van der Waals surface area contributed by atoms with E-state index in [1.165, 1.54) is 0 Å². The van der Waals surface area contributed by atoms with Crippen LogP contribution < -0.4 is 20.9 Å². The highest BCUT2D eigenvalue weighted by Gasteiger charge is 2.27. The standard InChI is InChI=1S/C28H34N6O6/c1-17-21-9-7-19(37-5)13-23(21)33(31-17)15-27(3,29)39-25(35)11-12-26(36)40-28(4,30)16-34-24-14-20(38-6)8-10-22(24)18(2)32-34/h7-14H,15-16,29-30H2,1-6H3/b12-11+.